The summed E-state index contributed by atoms with van der Waals surface area (Å²) in [5, 5.41) is 3.11. The summed E-state index contributed by atoms with van der Waals surface area (Å²) in [6.45, 7) is 1.77. The van der Waals surface area contributed by atoms with Crippen molar-refractivity contribution in [1.82, 2.24) is 13.9 Å². The summed E-state index contributed by atoms with van der Waals surface area (Å²) in [7, 11) is 1.25. The zero-order valence-electron chi connectivity index (χ0n) is 13.9. The highest BCUT2D eigenvalue weighted by Crippen LogP contribution is 2.23. The number of carbonyl (C=O) groups excluding carboxylic acids is 1. The SMILES string of the molecule is CC(Sc1nccn1C)C(=O)Nc1cccc(S(=O)(=O)N(C)C)c1. The van der Waals surface area contributed by atoms with Crippen LogP contribution in [-0.4, -0.2) is 47.5 Å². The summed E-state index contributed by atoms with van der Waals surface area (Å²) in [4.78, 5) is 16.6. The Kier molecular flexibility index (Phi) is 5.68. The van der Waals surface area contributed by atoms with Crippen LogP contribution in [-0.2, 0) is 21.9 Å². The predicted octanol–water partition coefficient (Wildman–Crippen LogP) is 1.79. The molecule has 2 rings (SSSR count). The predicted molar refractivity (Wildman–Crippen MR) is 94.5 cm³/mol. The van der Waals surface area contributed by atoms with Gasteiger partial charge in [0.2, 0.25) is 15.9 Å². The maximum absolute atomic E-state index is 12.3. The highest BCUT2D eigenvalue weighted by atomic mass is 32.2. The molecule has 0 saturated heterocycles. The highest BCUT2D eigenvalue weighted by Gasteiger charge is 2.20. The summed E-state index contributed by atoms with van der Waals surface area (Å²) in [6, 6.07) is 6.20. The molecule has 130 valence electrons. The van der Waals surface area contributed by atoms with Gasteiger partial charge in [-0.25, -0.2) is 17.7 Å². The Morgan fingerprint density at radius 3 is 2.67 bits per heavy atom. The second-order valence-electron chi connectivity index (χ2n) is 5.39. The first-order chi connectivity index (χ1) is 11.2. The lowest BCUT2D eigenvalue weighted by molar-refractivity contribution is -0.115. The molecule has 1 amide bonds. The van der Waals surface area contributed by atoms with Gasteiger partial charge in [-0.05, 0) is 25.1 Å². The Hall–Kier alpha value is -1.84. The minimum absolute atomic E-state index is 0.134. The molecule has 0 aliphatic heterocycles. The van der Waals surface area contributed by atoms with E-state index in [0.29, 0.717) is 5.69 Å². The molecule has 24 heavy (non-hydrogen) atoms. The summed E-state index contributed by atoms with van der Waals surface area (Å²) in [5.41, 5.74) is 0.440. The van der Waals surface area contributed by atoms with Crippen molar-refractivity contribution in [1.29, 1.82) is 0 Å². The molecule has 1 atom stereocenters. The van der Waals surface area contributed by atoms with Crippen molar-refractivity contribution < 1.29 is 13.2 Å². The lowest BCUT2D eigenvalue weighted by Gasteiger charge is -2.14. The highest BCUT2D eigenvalue weighted by molar-refractivity contribution is 8.00. The molecule has 1 unspecified atom stereocenters. The fourth-order valence-electron chi connectivity index (χ4n) is 1.87. The van der Waals surface area contributed by atoms with Gasteiger partial charge in [0.15, 0.2) is 5.16 Å². The van der Waals surface area contributed by atoms with Gasteiger partial charge in [0.25, 0.3) is 0 Å². The van der Waals surface area contributed by atoms with Crippen molar-refractivity contribution in [2.24, 2.45) is 7.05 Å². The van der Waals surface area contributed by atoms with Gasteiger partial charge in [-0.2, -0.15) is 0 Å². The van der Waals surface area contributed by atoms with Crippen LogP contribution in [0.25, 0.3) is 0 Å². The van der Waals surface area contributed by atoms with Gasteiger partial charge in [0, 0.05) is 39.2 Å². The van der Waals surface area contributed by atoms with E-state index in [1.807, 2.05) is 17.8 Å². The average molecular weight is 368 g/mol. The van der Waals surface area contributed by atoms with E-state index < -0.39 is 10.0 Å². The third-order valence-corrected chi connectivity index (χ3v) is 6.29. The fraction of sp³-hybridized carbons (Fsp3) is 0.333. The molecule has 1 heterocycles. The minimum atomic E-state index is -3.54. The second kappa shape index (κ2) is 7.37. The number of thioether (sulfide) groups is 1. The number of nitrogens with zero attached hydrogens (tertiary/aromatic N) is 3. The number of rotatable bonds is 6. The van der Waals surface area contributed by atoms with E-state index in [4.69, 9.17) is 0 Å². The molecule has 1 aromatic heterocycles. The molecule has 7 nitrogen and oxygen atoms in total. The van der Waals surface area contributed by atoms with Crippen molar-refractivity contribution in [3.63, 3.8) is 0 Å². The summed E-state index contributed by atoms with van der Waals surface area (Å²) in [5.74, 6) is -0.220. The van der Waals surface area contributed by atoms with E-state index in [-0.39, 0.29) is 16.1 Å². The van der Waals surface area contributed by atoms with Gasteiger partial charge in [-0.15, -0.1) is 0 Å². The molecular formula is C15H20N4O3S2. The first kappa shape index (κ1) is 18.5. The van der Waals surface area contributed by atoms with Crippen LogP contribution in [0.4, 0.5) is 5.69 Å². The number of aromatic nitrogens is 2. The lowest BCUT2D eigenvalue weighted by atomic mass is 10.3. The number of sulfonamides is 1. The number of hydrogen-bond acceptors (Lipinski definition) is 5. The number of aryl methyl sites for hydroxylation is 1. The standard InChI is InChI=1S/C15H20N4O3S2/c1-11(23-15-16-8-9-19(15)4)14(20)17-12-6-5-7-13(10-12)24(21,22)18(2)3/h5-11H,1-4H3,(H,17,20). The fourth-order valence-corrected chi connectivity index (χ4v) is 3.65. The van der Waals surface area contributed by atoms with Gasteiger partial charge >= 0.3 is 0 Å². The molecule has 1 N–H and O–H groups in total. The van der Waals surface area contributed by atoms with Crippen LogP contribution in [0.2, 0.25) is 0 Å². The first-order valence-corrected chi connectivity index (χ1v) is 9.51. The van der Waals surface area contributed by atoms with Crippen LogP contribution in [0.5, 0.6) is 0 Å². The zero-order chi connectivity index (χ0) is 17.9. The largest absolute Gasteiger partial charge is 0.329 e. The molecule has 0 saturated carbocycles. The van der Waals surface area contributed by atoms with Crippen molar-refractivity contribution in [2.45, 2.75) is 22.2 Å². The molecule has 0 spiro atoms. The van der Waals surface area contributed by atoms with Gasteiger partial charge in [-0.3, -0.25) is 4.79 Å². The number of benzene rings is 1. The van der Waals surface area contributed by atoms with E-state index >= 15 is 0 Å². The Labute approximate surface area is 146 Å². The number of anilines is 1. The normalized spacial score (nSPS) is 13.0. The minimum Gasteiger partial charge on any atom is -0.329 e. The second-order valence-corrected chi connectivity index (χ2v) is 8.85. The molecule has 2 aromatic rings. The Morgan fingerprint density at radius 1 is 1.38 bits per heavy atom. The van der Waals surface area contributed by atoms with Crippen LogP contribution >= 0.6 is 11.8 Å². The van der Waals surface area contributed by atoms with E-state index in [0.717, 1.165) is 9.46 Å². The maximum Gasteiger partial charge on any atom is 0.242 e. The summed E-state index contributed by atoms with van der Waals surface area (Å²) >= 11 is 1.33. The molecular weight excluding hydrogens is 348 g/mol. The van der Waals surface area contributed by atoms with Crippen molar-refractivity contribution >= 4 is 33.4 Å². The zero-order valence-corrected chi connectivity index (χ0v) is 15.6. The summed E-state index contributed by atoms with van der Waals surface area (Å²) in [6.07, 6.45) is 3.48. The van der Waals surface area contributed by atoms with Crippen molar-refractivity contribution in [3.05, 3.63) is 36.7 Å². The van der Waals surface area contributed by atoms with Gasteiger partial charge in [0.05, 0.1) is 10.1 Å². The molecule has 0 aliphatic rings. The van der Waals surface area contributed by atoms with Crippen LogP contribution in [0.1, 0.15) is 6.92 Å². The number of nitrogens with one attached hydrogen (secondary N) is 1. The van der Waals surface area contributed by atoms with Gasteiger partial charge in [-0.1, -0.05) is 17.8 Å². The third-order valence-electron chi connectivity index (χ3n) is 3.31. The van der Waals surface area contributed by atoms with Gasteiger partial charge in [0.1, 0.15) is 0 Å². The van der Waals surface area contributed by atoms with Crippen molar-refractivity contribution in [3.8, 4) is 0 Å². The molecule has 0 fully saturated rings. The smallest absolute Gasteiger partial charge is 0.242 e. The number of carbonyl (C=O) groups is 1. The number of imidazole rings is 1. The van der Waals surface area contributed by atoms with E-state index in [1.165, 1.54) is 38.0 Å². The maximum atomic E-state index is 12.3. The van der Waals surface area contributed by atoms with E-state index in [1.54, 1.807) is 25.3 Å². The molecule has 0 aliphatic carbocycles. The molecule has 0 bridgehead atoms. The Bertz CT molecular complexity index is 831. The molecule has 9 heteroatoms. The average Bonchev–Trinajstić information content (AvgIpc) is 2.92. The van der Waals surface area contributed by atoms with Crippen LogP contribution < -0.4 is 5.32 Å². The quantitative estimate of drug-likeness (QED) is 0.786. The number of hydrogen-bond donors (Lipinski definition) is 1. The number of amides is 1. The molecule has 1 aromatic carbocycles. The topological polar surface area (TPSA) is 84.3 Å². The van der Waals surface area contributed by atoms with Gasteiger partial charge < -0.3 is 9.88 Å². The van der Waals surface area contributed by atoms with Crippen LogP contribution in [0, 0.1) is 0 Å². The van der Waals surface area contributed by atoms with Crippen molar-refractivity contribution in [2.75, 3.05) is 19.4 Å². The van der Waals surface area contributed by atoms with Crippen LogP contribution in [0.3, 0.4) is 0 Å². The first-order valence-electron chi connectivity index (χ1n) is 7.19. The Morgan fingerprint density at radius 2 is 2.08 bits per heavy atom. The van der Waals surface area contributed by atoms with E-state index in [9.17, 15) is 13.2 Å². The monoisotopic (exact) mass is 368 g/mol. The molecule has 0 radical (unpaired) electrons. The van der Waals surface area contributed by atoms with Crippen LogP contribution in [0.15, 0.2) is 46.7 Å². The Balaban J connectivity index is 2.11. The third kappa shape index (κ3) is 4.16. The lowest BCUT2D eigenvalue weighted by Crippen LogP contribution is -2.24. The summed E-state index contributed by atoms with van der Waals surface area (Å²) < 4.78 is 27.3. The van der Waals surface area contributed by atoms with E-state index in [2.05, 4.69) is 10.3 Å².